The number of alkyl halides is 3. The van der Waals surface area contributed by atoms with Crippen LogP contribution in [-0.4, -0.2) is 134 Å². The molecule has 0 bridgehead atoms. The van der Waals surface area contributed by atoms with Crippen molar-refractivity contribution >= 4 is 63.7 Å². The van der Waals surface area contributed by atoms with Gasteiger partial charge >= 0.3 is 6.18 Å². The number of fused-ring (bicyclic) bond motifs is 1. The van der Waals surface area contributed by atoms with Crippen molar-refractivity contribution in [1.29, 1.82) is 5.26 Å². The van der Waals surface area contributed by atoms with Gasteiger partial charge in [0.05, 0.1) is 78.6 Å². The first-order chi connectivity index (χ1) is 38.9. The lowest BCUT2D eigenvalue weighted by atomic mass is 10.0. The molecule has 430 valence electrons. The minimum absolute atomic E-state index is 0.00421. The number of amides is 4. The second kappa shape index (κ2) is 27.2. The maximum absolute atomic E-state index is 14.2. The second-order valence-corrected chi connectivity index (χ2v) is 21.6. The average Bonchev–Trinajstić information content (AvgIpc) is 4.45. The molecule has 0 spiro atoms. The van der Waals surface area contributed by atoms with E-state index < -0.39 is 40.8 Å². The van der Waals surface area contributed by atoms with Gasteiger partial charge < -0.3 is 48.4 Å². The van der Waals surface area contributed by atoms with E-state index in [9.17, 15) is 37.6 Å². The van der Waals surface area contributed by atoms with Crippen molar-refractivity contribution in [2.75, 3.05) is 82.4 Å². The number of ether oxygens (including phenoxy) is 6. The number of carbonyl (C=O) groups is 4. The van der Waals surface area contributed by atoms with Gasteiger partial charge in [-0.3, -0.25) is 24.1 Å². The maximum Gasteiger partial charge on any atom is 0.417 e. The number of carbonyl (C=O) groups excluding carboxylic acids is 4. The van der Waals surface area contributed by atoms with Crippen LogP contribution in [0, 0.1) is 24.2 Å². The monoisotopic (exact) mass is 1150 g/mol. The number of anilines is 2. The summed E-state index contributed by atoms with van der Waals surface area (Å²) in [6.07, 6.45) is -2.91. The van der Waals surface area contributed by atoms with Gasteiger partial charge in [-0.05, 0) is 124 Å². The van der Waals surface area contributed by atoms with Crippen molar-refractivity contribution in [3.05, 3.63) is 124 Å². The van der Waals surface area contributed by atoms with Crippen LogP contribution >= 0.6 is 23.6 Å². The lowest BCUT2D eigenvalue weighted by Gasteiger charge is -2.35. The van der Waals surface area contributed by atoms with E-state index in [-0.39, 0.29) is 54.2 Å². The summed E-state index contributed by atoms with van der Waals surface area (Å²) in [5.41, 5.74) is 3.44. The van der Waals surface area contributed by atoms with Gasteiger partial charge in [-0.2, -0.15) is 18.4 Å². The Hall–Kier alpha value is -7.00. The minimum Gasteiger partial charge on any atom is -0.491 e. The molecule has 3 aliphatic rings. The summed E-state index contributed by atoms with van der Waals surface area (Å²) in [5.74, 6) is -0.171. The van der Waals surface area contributed by atoms with Crippen molar-refractivity contribution in [3.8, 4) is 28.0 Å². The summed E-state index contributed by atoms with van der Waals surface area (Å²) >= 11 is 7.16. The second-order valence-electron chi connectivity index (χ2n) is 20.4. The van der Waals surface area contributed by atoms with Crippen molar-refractivity contribution < 1.29 is 60.8 Å². The van der Waals surface area contributed by atoms with E-state index in [2.05, 4.69) is 10.3 Å². The van der Waals surface area contributed by atoms with Gasteiger partial charge in [-0.25, -0.2) is 4.98 Å². The Kier molecular flexibility index (Phi) is 20.2. The molecule has 0 radical (unpaired) electrons. The Morgan fingerprint density at radius 3 is 2.16 bits per heavy atom. The van der Waals surface area contributed by atoms with E-state index >= 15 is 0 Å². The van der Waals surface area contributed by atoms with E-state index in [4.69, 9.17) is 40.6 Å². The first-order valence-electron chi connectivity index (χ1n) is 26.9. The predicted molar refractivity (Wildman–Crippen MR) is 302 cm³/mol. The molecule has 4 aromatic carbocycles. The number of hydrogen-bond donors (Lipinski definition) is 1. The number of nitrogens with one attached hydrogen (secondary N) is 1. The first kappa shape index (κ1) is 60.1. The number of rotatable bonds is 27. The molecule has 1 aromatic heterocycles. The lowest BCUT2D eigenvalue weighted by molar-refractivity contribution is -0.143. The maximum atomic E-state index is 14.2. The average molecular weight is 1150 g/mol. The summed E-state index contributed by atoms with van der Waals surface area (Å²) in [7, 11) is 0. The molecule has 17 nitrogen and oxygen atoms in total. The van der Waals surface area contributed by atoms with Gasteiger partial charge in [0.1, 0.15) is 42.3 Å². The van der Waals surface area contributed by atoms with Gasteiger partial charge in [0, 0.05) is 49.7 Å². The molecule has 1 unspecified atom stereocenters. The van der Waals surface area contributed by atoms with Gasteiger partial charge in [0.2, 0.25) is 11.8 Å². The number of halogens is 3. The molecular formula is C59H66F3N7O10S2. The minimum atomic E-state index is -4.80. The number of nitriles is 1. The number of benzene rings is 4. The number of aryl methyl sites for hydroxylation is 1. The third-order valence-corrected chi connectivity index (χ3v) is 15.5. The van der Waals surface area contributed by atoms with Crippen LogP contribution in [0.2, 0.25) is 0 Å². The number of nitrogens with zero attached hydrogens (tertiary/aromatic N) is 6. The normalized spacial score (nSPS) is 16.3. The highest BCUT2D eigenvalue weighted by Gasteiger charge is 2.51. The van der Waals surface area contributed by atoms with E-state index in [0.717, 1.165) is 44.3 Å². The van der Waals surface area contributed by atoms with Gasteiger partial charge in [-0.1, -0.05) is 44.2 Å². The molecule has 1 N–H and O–H groups in total. The SMILES string of the molecule is Cc1ncsc1-c1ccc(CNC(=O)[C@@H]2CCCN2C(=O)C(C(C)C)N2Cc3ccccc3C2=O)c(OCCOCCOCCCOCCOCCOc2ccc(N3C(=S)N(c4ccc(C#N)c(C(F)(F)F)c4)C(=O)C3(C)C)cc2)c1. The van der Waals surface area contributed by atoms with Crippen LogP contribution in [0.25, 0.3) is 10.4 Å². The van der Waals surface area contributed by atoms with Crippen LogP contribution in [0.1, 0.15) is 85.3 Å². The smallest absolute Gasteiger partial charge is 0.417 e. The first-order valence-corrected chi connectivity index (χ1v) is 28.2. The highest BCUT2D eigenvalue weighted by Crippen LogP contribution is 2.40. The van der Waals surface area contributed by atoms with Gasteiger partial charge in [0.15, 0.2) is 5.11 Å². The molecule has 5 aromatic rings. The van der Waals surface area contributed by atoms with Crippen LogP contribution in [0.3, 0.4) is 0 Å². The summed E-state index contributed by atoms with van der Waals surface area (Å²) < 4.78 is 76.1. The van der Waals surface area contributed by atoms with Crippen molar-refractivity contribution in [1.82, 2.24) is 20.1 Å². The number of hydrogen-bond acceptors (Lipinski definition) is 14. The highest BCUT2D eigenvalue weighted by molar-refractivity contribution is 7.81. The van der Waals surface area contributed by atoms with Crippen LogP contribution in [0.5, 0.6) is 11.5 Å². The standard InChI is InChI=1S/C59H66F3N7O10S2/c1-38(2)51(67-36-43-10-6-7-11-47(43)54(67)71)55(72)66-21-8-12-49(66)53(70)64-35-42-14-13-40(52-39(3)65-37-81-52)32-50(42)79-31-29-77-27-25-75-23-9-22-74-24-26-76-28-30-78-46-19-17-44(18-20-46)69-57(80)68(56(73)58(69,4)5)45-16-15-41(34-63)48(33-45)59(60,61)62/h6-7,10-11,13-20,32-33,37-38,49,51H,8-9,12,21-31,35-36H2,1-5H3,(H,64,70)/t49-,51?/m0/s1. The number of aromatic nitrogens is 1. The zero-order valence-electron chi connectivity index (χ0n) is 45.9. The molecule has 81 heavy (non-hydrogen) atoms. The molecule has 2 fully saturated rings. The summed E-state index contributed by atoms with van der Waals surface area (Å²) in [4.78, 5) is 66.4. The highest BCUT2D eigenvalue weighted by atomic mass is 32.1. The van der Waals surface area contributed by atoms with Crippen LogP contribution in [0.15, 0.2) is 90.4 Å². The molecule has 0 saturated carbocycles. The van der Waals surface area contributed by atoms with E-state index in [0.29, 0.717) is 108 Å². The lowest BCUT2D eigenvalue weighted by Crippen LogP contribution is -2.55. The number of likely N-dealkylation sites (tertiary alicyclic amines) is 1. The van der Waals surface area contributed by atoms with E-state index in [1.165, 1.54) is 17.4 Å². The Balaban J connectivity index is 0.691. The fraction of sp³-hybridized carbons (Fsp3) is 0.441. The fourth-order valence-corrected chi connectivity index (χ4v) is 11.4. The molecular weight excluding hydrogens is 1090 g/mol. The van der Waals surface area contributed by atoms with E-state index in [1.54, 1.807) is 70.5 Å². The Labute approximate surface area is 478 Å². The zero-order valence-corrected chi connectivity index (χ0v) is 47.6. The van der Waals surface area contributed by atoms with Gasteiger partial charge in [-0.15, -0.1) is 11.3 Å². The van der Waals surface area contributed by atoms with Crippen molar-refractivity contribution in [3.63, 3.8) is 0 Å². The molecule has 0 aliphatic carbocycles. The van der Waals surface area contributed by atoms with Crippen molar-refractivity contribution in [2.24, 2.45) is 5.92 Å². The van der Waals surface area contributed by atoms with Crippen LogP contribution in [0.4, 0.5) is 24.5 Å². The largest absolute Gasteiger partial charge is 0.491 e. The van der Waals surface area contributed by atoms with Crippen LogP contribution < -0.4 is 24.6 Å². The molecule has 8 rings (SSSR count). The Bertz CT molecular complexity index is 3100. The quantitative estimate of drug-likeness (QED) is 0.0388. The summed E-state index contributed by atoms with van der Waals surface area (Å²) in [5, 5.41) is 12.3. The van der Waals surface area contributed by atoms with Gasteiger partial charge in [0.25, 0.3) is 11.8 Å². The molecule has 22 heteroatoms. The molecule has 4 heterocycles. The summed E-state index contributed by atoms with van der Waals surface area (Å²) in [6, 6.07) is 23.4. The third kappa shape index (κ3) is 14.2. The van der Waals surface area contributed by atoms with Crippen molar-refractivity contribution in [2.45, 2.75) is 90.8 Å². The Morgan fingerprint density at radius 1 is 0.864 bits per heavy atom. The molecule has 3 aliphatic heterocycles. The van der Waals surface area contributed by atoms with E-state index in [1.807, 2.05) is 57.2 Å². The molecule has 4 amide bonds. The predicted octanol–water partition coefficient (Wildman–Crippen LogP) is 9.13. The third-order valence-electron chi connectivity index (χ3n) is 14.2. The Morgan fingerprint density at radius 2 is 1.52 bits per heavy atom. The fourth-order valence-electron chi connectivity index (χ4n) is 10.1. The summed E-state index contributed by atoms with van der Waals surface area (Å²) in [6.45, 7) is 13.7. The number of thiocarbonyl (C=S) groups is 1. The van der Waals surface area contributed by atoms with Crippen LogP contribution in [-0.2, 0) is 52.6 Å². The zero-order chi connectivity index (χ0) is 57.8. The number of thiazole rings is 1. The topological polar surface area (TPSA) is 185 Å². The molecule has 2 atom stereocenters. The molecule has 2 saturated heterocycles.